The lowest BCUT2D eigenvalue weighted by molar-refractivity contribution is 0.0949. The van der Waals surface area contributed by atoms with Crippen LogP contribution in [0.3, 0.4) is 0 Å². The molecule has 0 aliphatic rings. The maximum Gasteiger partial charge on any atom is 0.251 e. The lowest BCUT2D eigenvalue weighted by Crippen LogP contribution is -2.23. The summed E-state index contributed by atoms with van der Waals surface area (Å²) >= 11 is 0. The second-order valence-electron chi connectivity index (χ2n) is 3.57. The fourth-order valence-electron chi connectivity index (χ4n) is 1.37. The standard InChI is InChI=1S/C11H12N4O2/c1-15-7-13-10(14-15)6-12-11(17)8-3-2-4-9(16)5-8/h2-5,7,16H,6H2,1H3,(H,12,17). The molecule has 2 rings (SSSR count). The summed E-state index contributed by atoms with van der Waals surface area (Å²) in [6, 6.07) is 6.16. The first-order valence-corrected chi connectivity index (χ1v) is 5.07. The topological polar surface area (TPSA) is 80.0 Å². The first kappa shape index (κ1) is 11.1. The highest BCUT2D eigenvalue weighted by molar-refractivity contribution is 5.94. The van der Waals surface area contributed by atoms with Crippen molar-refractivity contribution in [1.29, 1.82) is 0 Å². The number of aromatic hydroxyl groups is 1. The van der Waals surface area contributed by atoms with Crippen molar-refractivity contribution in [3.8, 4) is 5.75 Å². The molecule has 0 saturated carbocycles. The second-order valence-corrected chi connectivity index (χ2v) is 3.57. The molecular weight excluding hydrogens is 220 g/mol. The van der Waals surface area contributed by atoms with Crippen LogP contribution in [-0.4, -0.2) is 25.8 Å². The van der Waals surface area contributed by atoms with E-state index in [1.165, 1.54) is 12.1 Å². The van der Waals surface area contributed by atoms with Gasteiger partial charge in [-0.15, -0.1) is 0 Å². The van der Waals surface area contributed by atoms with Crippen molar-refractivity contribution < 1.29 is 9.90 Å². The van der Waals surface area contributed by atoms with Crippen molar-refractivity contribution >= 4 is 5.91 Å². The zero-order valence-electron chi connectivity index (χ0n) is 9.29. The van der Waals surface area contributed by atoms with Crippen molar-refractivity contribution in [3.63, 3.8) is 0 Å². The van der Waals surface area contributed by atoms with Crippen molar-refractivity contribution in [3.05, 3.63) is 42.0 Å². The number of phenols is 1. The molecule has 0 aliphatic carbocycles. The van der Waals surface area contributed by atoms with Gasteiger partial charge in [-0.1, -0.05) is 6.07 Å². The van der Waals surface area contributed by atoms with Gasteiger partial charge in [0.15, 0.2) is 5.82 Å². The number of nitrogens with zero attached hydrogens (tertiary/aromatic N) is 3. The fourth-order valence-corrected chi connectivity index (χ4v) is 1.37. The summed E-state index contributed by atoms with van der Waals surface area (Å²) in [6.07, 6.45) is 1.57. The Hall–Kier alpha value is -2.37. The number of carbonyl (C=O) groups excluding carboxylic acids is 1. The SMILES string of the molecule is Cn1cnc(CNC(=O)c2cccc(O)c2)n1. The summed E-state index contributed by atoms with van der Waals surface area (Å²) in [6.45, 7) is 0.259. The van der Waals surface area contributed by atoms with Gasteiger partial charge in [-0.25, -0.2) is 4.98 Å². The van der Waals surface area contributed by atoms with E-state index >= 15 is 0 Å². The molecule has 0 unspecified atom stereocenters. The molecule has 0 aliphatic heterocycles. The normalized spacial score (nSPS) is 10.2. The van der Waals surface area contributed by atoms with E-state index in [-0.39, 0.29) is 18.2 Å². The van der Waals surface area contributed by atoms with Gasteiger partial charge in [-0.05, 0) is 18.2 Å². The summed E-state index contributed by atoms with van der Waals surface area (Å²) in [5.41, 5.74) is 0.404. The van der Waals surface area contributed by atoms with Gasteiger partial charge in [0.05, 0.1) is 6.54 Å². The molecule has 1 amide bonds. The minimum atomic E-state index is -0.270. The van der Waals surface area contributed by atoms with Crippen molar-refractivity contribution in [2.45, 2.75) is 6.54 Å². The summed E-state index contributed by atoms with van der Waals surface area (Å²) in [5, 5.41) is 15.9. The fraction of sp³-hybridized carbons (Fsp3) is 0.182. The van der Waals surface area contributed by atoms with E-state index in [9.17, 15) is 9.90 Å². The molecule has 0 atom stereocenters. The van der Waals surface area contributed by atoms with Gasteiger partial charge < -0.3 is 10.4 Å². The van der Waals surface area contributed by atoms with Gasteiger partial charge in [-0.2, -0.15) is 5.10 Å². The van der Waals surface area contributed by atoms with Crippen LogP contribution in [0.4, 0.5) is 0 Å². The summed E-state index contributed by atoms with van der Waals surface area (Å²) in [7, 11) is 1.76. The summed E-state index contributed by atoms with van der Waals surface area (Å²) in [4.78, 5) is 15.7. The third-order valence-corrected chi connectivity index (χ3v) is 2.16. The Balaban J connectivity index is 1.98. The highest BCUT2D eigenvalue weighted by atomic mass is 16.3. The van der Waals surface area contributed by atoms with Crippen LogP contribution in [0.25, 0.3) is 0 Å². The van der Waals surface area contributed by atoms with Crippen LogP contribution in [0.2, 0.25) is 0 Å². The van der Waals surface area contributed by atoms with Crippen LogP contribution in [0, 0.1) is 0 Å². The van der Waals surface area contributed by atoms with Gasteiger partial charge in [0.1, 0.15) is 12.1 Å². The number of amides is 1. The van der Waals surface area contributed by atoms with Crippen molar-refractivity contribution in [1.82, 2.24) is 20.1 Å². The Morgan fingerprint density at radius 3 is 3.00 bits per heavy atom. The average molecular weight is 232 g/mol. The first-order chi connectivity index (χ1) is 8.15. The molecule has 6 heteroatoms. The van der Waals surface area contributed by atoms with E-state index in [0.717, 1.165) is 0 Å². The van der Waals surface area contributed by atoms with E-state index in [0.29, 0.717) is 11.4 Å². The molecule has 88 valence electrons. The molecule has 17 heavy (non-hydrogen) atoms. The van der Waals surface area contributed by atoms with E-state index < -0.39 is 0 Å². The van der Waals surface area contributed by atoms with Gasteiger partial charge in [0.2, 0.25) is 0 Å². The van der Waals surface area contributed by atoms with Gasteiger partial charge in [0.25, 0.3) is 5.91 Å². The number of benzene rings is 1. The van der Waals surface area contributed by atoms with Crippen LogP contribution in [-0.2, 0) is 13.6 Å². The first-order valence-electron chi connectivity index (χ1n) is 5.07. The molecular formula is C11H12N4O2. The molecule has 1 aromatic heterocycles. The lowest BCUT2D eigenvalue weighted by atomic mass is 10.2. The molecule has 1 aromatic carbocycles. The molecule has 6 nitrogen and oxygen atoms in total. The van der Waals surface area contributed by atoms with Crippen LogP contribution in [0.15, 0.2) is 30.6 Å². The average Bonchev–Trinajstić information content (AvgIpc) is 2.72. The Bertz CT molecular complexity index is 536. The van der Waals surface area contributed by atoms with Crippen molar-refractivity contribution in [2.75, 3.05) is 0 Å². The van der Waals surface area contributed by atoms with E-state index in [2.05, 4.69) is 15.4 Å². The van der Waals surface area contributed by atoms with E-state index in [4.69, 9.17) is 0 Å². The highest BCUT2D eigenvalue weighted by Gasteiger charge is 2.07. The second kappa shape index (κ2) is 4.65. The van der Waals surface area contributed by atoms with E-state index in [1.54, 1.807) is 30.2 Å². The quantitative estimate of drug-likeness (QED) is 0.805. The maximum absolute atomic E-state index is 11.7. The number of hydrogen-bond donors (Lipinski definition) is 2. The van der Waals surface area contributed by atoms with Crippen molar-refractivity contribution in [2.24, 2.45) is 7.05 Å². The Kier molecular flexibility index (Phi) is 3.04. The van der Waals surface area contributed by atoms with Gasteiger partial charge in [-0.3, -0.25) is 9.48 Å². The molecule has 0 bridgehead atoms. The smallest absolute Gasteiger partial charge is 0.251 e. The molecule has 2 N–H and O–H groups in total. The predicted molar refractivity (Wildman–Crippen MR) is 60.3 cm³/mol. The highest BCUT2D eigenvalue weighted by Crippen LogP contribution is 2.10. The van der Waals surface area contributed by atoms with Gasteiger partial charge >= 0.3 is 0 Å². The maximum atomic E-state index is 11.7. The number of rotatable bonds is 3. The molecule has 0 saturated heterocycles. The molecule has 2 aromatic rings. The number of phenolic OH excluding ortho intramolecular Hbond substituents is 1. The van der Waals surface area contributed by atoms with Crippen LogP contribution in [0.5, 0.6) is 5.75 Å². The minimum absolute atomic E-state index is 0.0635. The Morgan fingerprint density at radius 1 is 1.53 bits per heavy atom. The predicted octanol–water partition coefficient (Wildman–Crippen LogP) is 0.451. The molecule has 0 fully saturated rings. The summed E-state index contributed by atoms with van der Waals surface area (Å²) in [5.74, 6) is 0.336. The number of nitrogens with one attached hydrogen (secondary N) is 1. The minimum Gasteiger partial charge on any atom is -0.508 e. The zero-order chi connectivity index (χ0) is 12.3. The van der Waals surface area contributed by atoms with Crippen LogP contribution in [0.1, 0.15) is 16.2 Å². The van der Waals surface area contributed by atoms with E-state index in [1.807, 2.05) is 0 Å². The third-order valence-electron chi connectivity index (χ3n) is 2.16. The monoisotopic (exact) mass is 232 g/mol. The lowest BCUT2D eigenvalue weighted by Gasteiger charge is -2.02. The number of carbonyl (C=O) groups is 1. The zero-order valence-corrected chi connectivity index (χ0v) is 9.29. The van der Waals surface area contributed by atoms with Gasteiger partial charge in [0, 0.05) is 12.6 Å². The Morgan fingerprint density at radius 2 is 2.35 bits per heavy atom. The molecule has 0 spiro atoms. The summed E-state index contributed by atoms with van der Waals surface area (Å²) < 4.78 is 1.57. The van der Waals surface area contributed by atoms with Crippen LogP contribution >= 0.6 is 0 Å². The number of hydrogen-bond acceptors (Lipinski definition) is 4. The third kappa shape index (κ3) is 2.81. The largest absolute Gasteiger partial charge is 0.508 e. The molecule has 1 heterocycles. The Labute approximate surface area is 97.9 Å². The molecule has 0 radical (unpaired) electrons. The van der Waals surface area contributed by atoms with Crippen LogP contribution < -0.4 is 5.32 Å². The number of aryl methyl sites for hydroxylation is 1. The number of aromatic nitrogens is 3.